The molecule has 0 fully saturated rings. The third-order valence-corrected chi connectivity index (χ3v) is 4.82. The van der Waals surface area contributed by atoms with Gasteiger partial charge in [0.25, 0.3) is 11.5 Å². The van der Waals surface area contributed by atoms with E-state index in [1.807, 2.05) is 18.4 Å². The van der Waals surface area contributed by atoms with E-state index in [0.717, 1.165) is 10.2 Å². The first-order chi connectivity index (χ1) is 12.0. The molecule has 1 N–H and O–H groups in total. The van der Waals surface area contributed by atoms with Gasteiger partial charge in [-0.15, -0.1) is 11.3 Å². The summed E-state index contributed by atoms with van der Waals surface area (Å²) in [4.78, 5) is 24.6. The van der Waals surface area contributed by atoms with Crippen molar-refractivity contribution in [3.8, 4) is 11.5 Å². The molecule has 25 heavy (non-hydrogen) atoms. The van der Waals surface area contributed by atoms with Crippen LogP contribution >= 0.6 is 22.9 Å². The van der Waals surface area contributed by atoms with Crippen LogP contribution in [-0.2, 0) is 7.05 Å². The molecular formula is C17H14ClN3O3S. The molecule has 0 saturated carbocycles. The largest absolute Gasteiger partial charge is 0.454 e. The van der Waals surface area contributed by atoms with Crippen LogP contribution in [0.4, 0.5) is 5.69 Å². The van der Waals surface area contributed by atoms with Gasteiger partial charge in [0.1, 0.15) is 5.75 Å². The molecule has 6 nitrogen and oxygen atoms in total. The summed E-state index contributed by atoms with van der Waals surface area (Å²) in [7, 11) is 1.50. The number of amides is 1. The van der Waals surface area contributed by atoms with Gasteiger partial charge in [0.2, 0.25) is 0 Å². The number of carbonyl (C=O) groups excluding carboxylic acids is 1. The van der Waals surface area contributed by atoms with Crippen LogP contribution in [0.5, 0.6) is 11.5 Å². The van der Waals surface area contributed by atoms with E-state index < -0.39 is 5.56 Å². The number of thiophene rings is 1. The van der Waals surface area contributed by atoms with Crippen molar-refractivity contribution in [3.63, 3.8) is 0 Å². The van der Waals surface area contributed by atoms with Crippen LogP contribution < -0.4 is 15.6 Å². The quantitative estimate of drug-likeness (QED) is 0.751. The van der Waals surface area contributed by atoms with Crippen LogP contribution in [0.1, 0.15) is 15.2 Å². The fourth-order valence-electron chi connectivity index (χ4n) is 2.09. The number of ether oxygens (including phenoxy) is 1. The van der Waals surface area contributed by atoms with E-state index in [1.165, 1.54) is 24.6 Å². The number of aryl methyl sites for hydroxylation is 2. The lowest BCUT2D eigenvalue weighted by Gasteiger charge is -2.09. The standard InChI is InChI=1S/C17H14ClN3O3S/c1-10-7-8-25-15(10)16(22)20-11-3-5-12(6-4-11)24-13-9-19-21(2)17(23)14(13)18/h3-9H,1-2H3,(H,20,22). The molecule has 0 saturated heterocycles. The van der Waals surface area contributed by atoms with Crippen molar-refractivity contribution >= 4 is 34.5 Å². The lowest BCUT2D eigenvalue weighted by atomic mass is 10.2. The van der Waals surface area contributed by atoms with Crippen LogP contribution in [0.2, 0.25) is 5.02 Å². The maximum Gasteiger partial charge on any atom is 0.289 e. The second-order valence-electron chi connectivity index (χ2n) is 5.26. The molecule has 0 bridgehead atoms. The van der Waals surface area contributed by atoms with E-state index in [4.69, 9.17) is 16.3 Å². The van der Waals surface area contributed by atoms with E-state index in [-0.39, 0.29) is 16.7 Å². The van der Waals surface area contributed by atoms with Crippen LogP contribution in [-0.4, -0.2) is 15.7 Å². The fourth-order valence-corrected chi connectivity index (χ4v) is 3.12. The molecule has 0 aliphatic heterocycles. The SMILES string of the molecule is Cc1ccsc1C(=O)Nc1ccc(Oc2cnn(C)c(=O)c2Cl)cc1. The number of nitrogens with zero attached hydrogens (tertiary/aromatic N) is 2. The number of hydrogen-bond acceptors (Lipinski definition) is 5. The highest BCUT2D eigenvalue weighted by Crippen LogP contribution is 2.27. The number of benzene rings is 1. The minimum Gasteiger partial charge on any atom is -0.454 e. The lowest BCUT2D eigenvalue weighted by molar-refractivity contribution is 0.103. The van der Waals surface area contributed by atoms with Gasteiger partial charge in [-0.25, -0.2) is 4.68 Å². The predicted molar refractivity (Wildman–Crippen MR) is 98.0 cm³/mol. The van der Waals surface area contributed by atoms with Gasteiger partial charge in [-0.3, -0.25) is 9.59 Å². The minimum atomic E-state index is -0.436. The topological polar surface area (TPSA) is 73.2 Å². The molecule has 8 heteroatoms. The normalized spacial score (nSPS) is 10.5. The van der Waals surface area contributed by atoms with Gasteiger partial charge in [-0.2, -0.15) is 5.10 Å². The monoisotopic (exact) mass is 375 g/mol. The zero-order chi connectivity index (χ0) is 18.0. The molecule has 3 aromatic rings. The Kier molecular flexibility index (Phi) is 4.87. The second kappa shape index (κ2) is 7.08. The number of carbonyl (C=O) groups is 1. The van der Waals surface area contributed by atoms with Crippen LogP contribution in [0.3, 0.4) is 0 Å². The van der Waals surface area contributed by atoms with E-state index in [9.17, 15) is 9.59 Å². The van der Waals surface area contributed by atoms with E-state index >= 15 is 0 Å². The Morgan fingerprint density at radius 2 is 2.00 bits per heavy atom. The minimum absolute atomic E-state index is 0.0388. The van der Waals surface area contributed by atoms with Crippen molar-refractivity contribution in [2.75, 3.05) is 5.32 Å². The van der Waals surface area contributed by atoms with Gasteiger partial charge in [-0.1, -0.05) is 11.6 Å². The summed E-state index contributed by atoms with van der Waals surface area (Å²) in [5.74, 6) is 0.498. The van der Waals surface area contributed by atoms with Gasteiger partial charge >= 0.3 is 0 Å². The summed E-state index contributed by atoms with van der Waals surface area (Å²) < 4.78 is 6.70. The molecular weight excluding hydrogens is 362 g/mol. The molecule has 0 spiro atoms. The van der Waals surface area contributed by atoms with Gasteiger partial charge in [0, 0.05) is 12.7 Å². The highest BCUT2D eigenvalue weighted by molar-refractivity contribution is 7.12. The number of aromatic nitrogens is 2. The van der Waals surface area contributed by atoms with Crippen molar-refractivity contribution in [2.45, 2.75) is 6.92 Å². The third kappa shape index (κ3) is 3.72. The van der Waals surface area contributed by atoms with E-state index in [1.54, 1.807) is 24.3 Å². The first-order valence-corrected chi connectivity index (χ1v) is 8.56. The van der Waals surface area contributed by atoms with Crippen LogP contribution in [0.25, 0.3) is 0 Å². The Morgan fingerprint density at radius 1 is 1.28 bits per heavy atom. The number of hydrogen-bond donors (Lipinski definition) is 1. The first kappa shape index (κ1) is 17.2. The number of nitrogens with one attached hydrogen (secondary N) is 1. The van der Waals surface area contributed by atoms with Crippen molar-refractivity contribution in [1.29, 1.82) is 0 Å². The van der Waals surface area contributed by atoms with Crippen molar-refractivity contribution in [2.24, 2.45) is 7.05 Å². The smallest absolute Gasteiger partial charge is 0.289 e. The Hall–Kier alpha value is -2.64. The zero-order valence-electron chi connectivity index (χ0n) is 13.4. The molecule has 2 aromatic heterocycles. The molecule has 2 heterocycles. The average Bonchev–Trinajstić information content (AvgIpc) is 3.03. The van der Waals surface area contributed by atoms with Crippen LogP contribution in [0, 0.1) is 6.92 Å². The summed E-state index contributed by atoms with van der Waals surface area (Å²) in [6.07, 6.45) is 1.37. The number of rotatable bonds is 4. The zero-order valence-corrected chi connectivity index (χ0v) is 15.0. The highest BCUT2D eigenvalue weighted by Gasteiger charge is 2.12. The Labute approximate surface area is 152 Å². The average molecular weight is 376 g/mol. The Morgan fingerprint density at radius 3 is 2.64 bits per heavy atom. The summed E-state index contributed by atoms with van der Waals surface area (Å²) in [5, 5.41) is 8.54. The van der Waals surface area contributed by atoms with Crippen LogP contribution in [0.15, 0.2) is 46.7 Å². The van der Waals surface area contributed by atoms with Gasteiger partial charge in [-0.05, 0) is 48.2 Å². The van der Waals surface area contributed by atoms with Gasteiger partial charge in [0.15, 0.2) is 10.8 Å². The molecule has 0 unspecified atom stereocenters. The summed E-state index contributed by atoms with van der Waals surface area (Å²) in [5.41, 5.74) is 1.14. The number of anilines is 1. The molecule has 0 atom stereocenters. The van der Waals surface area contributed by atoms with E-state index in [0.29, 0.717) is 16.3 Å². The second-order valence-corrected chi connectivity index (χ2v) is 6.56. The molecule has 0 radical (unpaired) electrons. The number of halogens is 1. The highest BCUT2D eigenvalue weighted by atomic mass is 35.5. The summed E-state index contributed by atoms with van der Waals surface area (Å²) in [6, 6.07) is 8.66. The predicted octanol–water partition coefficient (Wildman–Crippen LogP) is 3.85. The Balaban J connectivity index is 1.73. The first-order valence-electron chi connectivity index (χ1n) is 7.31. The van der Waals surface area contributed by atoms with Crippen molar-refractivity contribution in [1.82, 2.24) is 9.78 Å². The third-order valence-electron chi connectivity index (χ3n) is 3.45. The fraction of sp³-hybridized carbons (Fsp3) is 0.118. The summed E-state index contributed by atoms with van der Waals surface area (Å²) in [6.45, 7) is 1.89. The molecule has 3 rings (SSSR count). The molecule has 0 aliphatic rings. The Bertz CT molecular complexity index is 980. The van der Waals surface area contributed by atoms with Crippen molar-refractivity contribution in [3.05, 3.63) is 67.7 Å². The lowest BCUT2D eigenvalue weighted by Crippen LogP contribution is -2.19. The summed E-state index contributed by atoms with van der Waals surface area (Å²) >= 11 is 7.36. The molecule has 0 aliphatic carbocycles. The molecule has 1 amide bonds. The molecule has 128 valence electrons. The van der Waals surface area contributed by atoms with Gasteiger partial charge < -0.3 is 10.1 Å². The van der Waals surface area contributed by atoms with E-state index in [2.05, 4.69) is 10.4 Å². The van der Waals surface area contributed by atoms with Gasteiger partial charge in [0.05, 0.1) is 11.1 Å². The maximum absolute atomic E-state index is 12.2. The molecule has 1 aromatic carbocycles. The maximum atomic E-state index is 12.2. The van der Waals surface area contributed by atoms with Crippen molar-refractivity contribution < 1.29 is 9.53 Å².